The Bertz CT molecular complexity index is 1060. The molecule has 1 aromatic carbocycles. The maximum absolute atomic E-state index is 12.2. The molecule has 0 bridgehead atoms. The van der Waals surface area contributed by atoms with Gasteiger partial charge in [0.2, 0.25) is 0 Å². The minimum Gasteiger partial charge on any atom is -0.497 e. The SMILES string of the molecule is COc1ccc(/C=C(\C#N)C(=O)OCC(=O)Nc2sc3c(c2C(N)=O)CCC3)cc1. The summed E-state index contributed by atoms with van der Waals surface area (Å²) in [6.07, 6.45) is 3.89. The molecule has 0 unspecified atom stereocenters. The maximum atomic E-state index is 12.2. The number of fused-ring (bicyclic) bond motifs is 1. The topological polar surface area (TPSA) is 132 Å². The molecule has 3 N–H and O–H groups in total. The predicted molar refractivity (Wildman–Crippen MR) is 111 cm³/mol. The number of nitrogens with one attached hydrogen (secondary N) is 1. The van der Waals surface area contributed by atoms with Crippen molar-refractivity contribution in [2.45, 2.75) is 19.3 Å². The maximum Gasteiger partial charge on any atom is 0.349 e. The molecular formula is C21H19N3O5S. The number of hydrogen-bond donors (Lipinski definition) is 2. The summed E-state index contributed by atoms with van der Waals surface area (Å²) in [5.41, 5.74) is 7.02. The number of rotatable bonds is 7. The third-order valence-electron chi connectivity index (χ3n) is 4.52. The van der Waals surface area contributed by atoms with Gasteiger partial charge < -0.3 is 20.5 Å². The summed E-state index contributed by atoms with van der Waals surface area (Å²) in [4.78, 5) is 37.2. The molecular weight excluding hydrogens is 406 g/mol. The number of nitrogens with two attached hydrogens (primary N) is 1. The van der Waals surface area contributed by atoms with E-state index in [1.807, 2.05) is 0 Å². The van der Waals surface area contributed by atoms with E-state index in [-0.39, 0.29) is 5.57 Å². The summed E-state index contributed by atoms with van der Waals surface area (Å²) in [6.45, 7) is -0.596. The summed E-state index contributed by atoms with van der Waals surface area (Å²) in [7, 11) is 1.53. The molecule has 0 spiro atoms. The van der Waals surface area contributed by atoms with Gasteiger partial charge in [-0.2, -0.15) is 5.26 Å². The molecule has 0 fully saturated rings. The van der Waals surface area contributed by atoms with E-state index in [2.05, 4.69) is 5.32 Å². The van der Waals surface area contributed by atoms with E-state index in [1.54, 1.807) is 30.3 Å². The standard InChI is InChI=1S/C21H19N3O5S/c1-28-14-7-5-12(6-8-14)9-13(10-22)21(27)29-11-17(25)24-20-18(19(23)26)15-3-2-4-16(15)30-20/h5-9H,2-4,11H2,1H3,(H2,23,26)(H,24,25)/b13-9+. The van der Waals surface area contributed by atoms with Crippen LogP contribution in [0.3, 0.4) is 0 Å². The van der Waals surface area contributed by atoms with Crippen molar-refractivity contribution in [1.29, 1.82) is 5.26 Å². The van der Waals surface area contributed by atoms with Gasteiger partial charge >= 0.3 is 5.97 Å². The number of thiophene rings is 1. The van der Waals surface area contributed by atoms with Crippen LogP contribution < -0.4 is 15.8 Å². The second kappa shape index (κ2) is 9.24. The highest BCUT2D eigenvalue weighted by Crippen LogP contribution is 2.38. The van der Waals surface area contributed by atoms with Gasteiger partial charge in [0.25, 0.3) is 11.8 Å². The number of methoxy groups -OCH3 is 1. The van der Waals surface area contributed by atoms with Gasteiger partial charge in [0.1, 0.15) is 22.4 Å². The van der Waals surface area contributed by atoms with Crippen LogP contribution in [0.15, 0.2) is 29.8 Å². The van der Waals surface area contributed by atoms with Gasteiger partial charge in [-0.3, -0.25) is 9.59 Å². The Labute approximate surface area is 176 Å². The average Bonchev–Trinajstić information content (AvgIpc) is 3.31. The highest BCUT2D eigenvalue weighted by Gasteiger charge is 2.26. The number of benzene rings is 1. The molecule has 9 heteroatoms. The van der Waals surface area contributed by atoms with Gasteiger partial charge in [-0.1, -0.05) is 12.1 Å². The molecule has 0 aliphatic heterocycles. The zero-order valence-electron chi connectivity index (χ0n) is 16.2. The Hall–Kier alpha value is -3.64. The second-order valence-electron chi connectivity index (χ2n) is 6.49. The normalized spacial score (nSPS) is 12.6. The van der Waals surface area contributed by atoms with Crippen molar-refractivity contribution in [1.82, 2.24) is 0 Å². The molecule has 0 saturated carbocycles. The lowest BCUT2D eigenvalue weighted by molar-refractivity contribution is -0.142. The van der Waals surface area contributed by atoms with Gasteiger partial charge in [0.05, 0.1) is 12.7 Å². The summed E-state index contributed by atoms with van der Waals surface area (Å²) >= 11 is 1.31. The fourth-order valence-corrected chi connectivity index (χ4v) is 4.44. The Morgan fingerprint density at radius 2 is 2.00 bits per heavy atom. The molecule has 0 radical (unpaired) electrons. The number of carbonyl (C=O) groups excluding carboxylic acids is 3. The highest BCUT2D eigenvalue weighted by atomic mass is 32.1. The van der Waals surface area contributed by atoms with Gasteiger partial charge in [-0.05, 0) is 48.6 Å². The van der Waals surface area contributed by atoms with Crippen LogP contribution in [0.4, 0.5) is 5.00 Å². The van der Waals surface area contributed by atoms with Crippen LogP contribution in [0.25, 0.3) is 6.08 Å². The third kappa shape index (κ3) is 4.67. The lowest BCUT2D eigenvalue weighted by Crippen LogP contribution is -2.23. The molecule has 0 saturated heterocycles. The lowest BCUT2D eigenvalue weighted by Gasteiger charge is -2.07. The number of anilines is 1. The zero-order valence-corrected chi connectivity index (χ0v) is 17.0. The minimum atomic E-state index is -0.924. The van der Waals surface area contributed by atoms with Crippen LogP contribution >= 0.6 is 11.3 Å². The molecule has 30 heavy (non-hydrogen) atoms. The van der Waals surface area contributed by atoms with Crippen LogP contribution in [0.5, 0.6) is 5.75 Å². The van der Waals surface area contributed by atoms with Crippen molar-refractivity contribution in [2.24, 2.45) is 5.73 Å². The number of ether oxygens (including phenoxy) is 2. The molecule has 2 amide bonds. The van der Waals surface area contributed by atoms with Crippen LogP contribution in [0.1, 0.15) is 32.8 Å². The summed E-state index contributed by atoms with van der Waals surface area (Å²) in [5.74, 6) is -1.50. The molecule has 1 aliphatic rings. The molecule has 1 heterocycles. The number of aryl methyl sites for hydroxylation is 1. The van der Waals surface area contributed by atoms with E-state index in [9.17, 15) is 19.6 Å². The number of hydrogen-bond acceptors (Lipinski definition) is 7. The number of nitrogens with zero attached hydrogens (tertiary/aromatic N) is 1. The van der Waals surface area contributed by atoms with Gasteiger partial charge in [0.15, 0.2) is 6.61 Å². The van der Waals surface area contributed by atoms with Gasteiger partial charge in [0, 0.05) is 4.88 Å². The first-order valence-corrected chi connectivity index (χ1v) is 9.91. The van der Waals surface area contributed by atoms with E-state index < -0.39 is 24.4 Å². The van der Waals surface area contributed by atoms with Crippen molar-refractivity contribution >= 4 is 40.2 Å². The fourth-order valence-electron chi connectivity index (χ4n) is 3.13. The monoisotopic (exact) mass is 425 g/mol. The van der Waals surface area contributed by atoms with Crippen LogP contribution in [0, 0.1) is 11.3 Å². The van der Waals surface area contributed by atoms with Crippen LogP contribution in [-0.2, 0) is 27.2 Å². The first-order chi connectivity index (χ1) is 14.4. The van der Waals surface area contributed by atoms with E-state index in [4.69, 9.17) is 15.2 Å². The van der Waals surface area contributed by atoms with E-state index >= 15 is 0 Å². The molecule has 3 rings (SSSR count). The van der Waals surface area contributed by atoms with Crippen molar-refractivity contribution in [2.75, 3.05) is 19.0 Å². The van der Waals surface area contributed by atoms with Crippen LogP contribution in [0.2, 0.25) is 0 Å². The number of carbonyl (C=O) groups is 3. The van der Waals surface area contributed by atoms with E-state index in [0.29, 0.717) is 21.9 Å². The van der Waals surface area contributed by atoms with Crippen LogP contribution in [-0.4, -0.2) is 31.5 Å². The Morgan fingerprint density at radius 3 is 2.63 bits per heavy atom. The molecule has 154 valence electrons. The Morgan fingerprint density at radius 1 is 1.27 bits per heavy atom. The fraction of sp³-hybridized carbons (Fsp3) is 0.238. The minimum absolute atomic E-state index is 0.249. The largest absolute Gasteiger partial charge is 0.497 e. The van der Waals surface area contributed by atoms with Gasteiger partial charge in [-0.15, -0.1) is 11.3 Å². The smallest absolute Gasteiger partial charge is 0.349 e. The first kappa shape index (κ1) is 21.1. The summed E-state index contributed by atoms with van der Waals surface area (Å²) in [5, 5.41) is 12.2. The molecule has 8 nitrogen and oxygen atoms in total. The Kier molecular flexibility index (Phi) is 6.49. The molecule has 0 atom stereocenters. The number of nitriles is 1. The predicted octanol–water partition coefficient (Wildman–Crippen LogP) is 2.43. The highest BCUT2D eigenvalue weighted by molar-refractivity contribution is 7.17. The summed E-state index contributed by atoms with van der Waals surface area (Å²) in [6, 6.07) is 8.50. The van der Waals surface area contributed by atoms with Crippen molar-refractivity contribution < 1.29 is 23.9 Å². The quantitative estimate of drug-likeness (QED) is 0.398. The second-order valence-corrected chi connectivity index (χ2v) is 7.60. The molecule has 1 aliphatic carbocycles. The van der Waals surface area contributed by atoms with Crippen molar-refractivity contribution in [3.05, 3.63) is 51.4 Å². The first-order valence-electron chi connectivity index (χ1n) is 9.10. The zero-order chi connectivity index (χ0) is 21.7. The molecule has 1 aromatic heterocycles. The van der Waals surface area contributed by atoms with Crippen molar-refractivity contribution in [3.8, 4) is 11.8 Å². The number of primary amides is 1. The lowest BCUT2D eigenvalue weighted by atomic mass is 10.1. The Balaban J connectivity index is 1.62. The number of esters is 1. The van der Waals surface area contributed by atoms with Crippen molar-refractivity contribution in [3.63, 3.8) is 0 Å². The third-order valence-corrected chi connectivity index (χ3v) is 5.73. The van der Waals surface area contributed by atoms with Gasteiger partial charge in [-0.25, -0.2) is 4.79 Å². The summed E-state index contributed by atoms with van der Waals surface area (Å²) < 4.78 is 10.0. The average molecular weight is 425 g/mol. The number of amides is 2. The molecule has 2 aromatic rings. The van der Waals surface area contributed by atoms with E-state index in [1.165, 1.54) is 24.5 Å². The van der Waals surface area contributed by atoms with E-state index in [0.717, 1.165) is 29.7 Å².